The van der Waals surface area contributed by atoms with Crippen LogP contribution in [0.4, 0.5) is 13.2 Å². The van der Waals surface area contributed by atoms with Crippen LogP contribution in [0.5, 0.6) is 0 Å². The largest absolute Gasteiger partial charge is 0.471 e. The molecule has 2 atom stereocenters. The molecule has 0 saturated carbocycles. The summed E-state index contributed by atoms with van der Waals surface area (Å²) in [7, 11) is 0. The number of alkyl halides is 3. The molecular weight excluding hydrogens is 409 g/mol. The molecule has 2 aromatic rings. The minimum atomic E-state index is -4.96. The molecule has 31 heavy (non-hydrogen) atoms. The van der Waals surface area contributed by atoms with E-state index in [9.17, 15) is 22.8 Å². The van der Waals surface area contributed by atoms with Crippen LogP contribution in [-0.2, 0) is 9.59 Å². The van der Waals surface area contributed by atoms with Gasteiger partial charge >= 0.3 is 12.1 Å². The number of likely N-dealkylation sites (tertiary alicyclic amines) is 2. The molecule has 2 aliphatic heterocycles. The highest BCUT2D eigenvalue weighted by molar-refractivity contribution is 5.90. The van der Waals surface area contributed by atoms with Crippen molar-refractivity contribution in [3.8, 4) is 0 Å². The third-order valence-corrected chi connectivity index (χ3v) is 6.28. The summed E-state index contributed by atoms with van der Waals surface area (Å²) in [5.41, 5.74) is 1.93. The van der Waals surface area contributed by atoms with E-state index in [0.717, 1.165) is 29.7 Å². The summed E-state index contributed by atoms with van der Waals surface area (Å²) in [6, 6.07) is 7.04. The summed E-state index contributed by atoms with van der Waals surface area (Å²) < 4.78 is 41.1. The Labute approximate surface area is 179 Å². The van der Waals surface area contributed by atoms with Crippen molar-refractivity contribution in [3.05, 3.63) is 30.1 Å². The number of nitrogens with zero attached hydrogens (tertiary/aromatic N) is 4. The van der Waals surface area contributed by atoms with E-state index >= 15 is 0 Å². The predicted octanol–water partition coefficient (Wildman–Crippen LogP) is 3.88. The topological polar surface area (TPSA) is 58.4 Å². The Kier molecular flexibility index (Phi) is 5.70. The highest BCUT2D eigenvalue weighted by Crippen LogP contribution is 2.33. The van der Waals surface area contributed by atoms with Crippen molar-refractivity contribution in [2.75, 3.05) is 19.6 Å². The van der Waals surface area contributed by atoms with Crippen LogP contribution in [0.1, 0.15) is 57.3 Å². The Hall–Kier alpha value is -2.58. The Bertz CT molecular complexity index is 985. The van der Waals surface area contributed by atoms with Gasteiger partial charge in [0.15, 0.2) is 0 Å². The van der Waals surface area contributed by atoms with Crippen LogP contribution in [0.3, 0.4) is 0 Å². The number of piperidine rings is 1. The minimum absolute atomic E-state index is 0.000621. The van der Waals surface area contributed by atoms with Crippen LogP contribution in [0.2, 0.25) is 0 Å². The summed E-state index contributed by atoms with van der Waals surface area (Å²) in [6.45, 7) is 5.03. The van der Waals surface area contributed by atoms with Gasteiger partial charge in [-0.3, -0.25) is 9.59 Å². The van der Waals surface area contributed by atoms with E-state index in [0.29, 0.717) is 24.4 Å². The fraction of sp³-hybridized carbons (Fsp3) is 0.591. The molecule has 3 heterocycles. The molecule has 2 aliphatic rings. The average molecular weight is 436 g/mol. The number of aromatic nitrogens is 2. The van der Waals surface area contributed by atoms with Gasteiger partial charge in [-0.05, 0) is 51.7 Å². The van der Waals surface area contributed by atoms with Crippen molar-refractivity contribution in [1.29, 1.82) is 0 Å². The Morgan fingerprint density at radius 1 is 1.10 bits per heavy atom. The lowest BCUT2D eigenvalue weighted by Gasteiger charge is -2.36. The molecule has 6 nitrogen and oxygen atoms in total. The molecule has 0 radical (unpaired) electrons. The first-order chi connectivity index (χ1) is 14.7. The van der Waals surface area contributed by atoms with Gasteiger partial charge in [-0.2, -0.15) is 13.2 Å². The lowest BCUT2D eigenvalue weighted by atomic mass is 9.96. The highest BCUT2D eigenvalue weighted by Gasteiger charge is 2.48. The number of benzene rings is 1. The number of imidazole rings is 1. The standard InChI is InChI=1S/C22H27F3N4O2/c1-14(2)29-17-9-4-3-8-16(17)26-19(29)15-7-5-11-27(13-15)20(30)18-10-6-12-28(18)21(31)22(23,24)25/h3-4,8-9,14-15,18H,5-7,10-13H2,1-2H3/t15-,18-/m0/s1. The smallest absolute Gasteiger partial charge is 0.340 e. The van der Waals surface area contributed by atoms with Crippen LogP contribution in [-0.4, -0.2) is 63.0 Å². The van der Waals surface area contributed by atoms with E-state index in [-0.39, 0.29) is 30.8 Å². The first kappa shape index (κ1) is 21.6. The normalized spacial score (nSPS) is 22.5. The van der Waals surface area contributed by atoms with Gasteiger partial charge in [0.2, 0.25) is 5.91 Å². The molecule has 0 bridgehead atoms. The SMILES string of the molecule is CC(C)n1c([C@H]2CCCN(C(=O)[C@@H]3CCCN3C(=O)C(F)(F)F)C2)nc2ccccc21. The van der Waals surface area contributed by atoms with Crippen molar-refractivity contribution in [2.45, 2.75) is 63.7 Å². The summed E-state index contributed by atoms with van der Waals surface area (Å²) in [5.74, 6) is -1.39. The number of carbonyl (C=O) groups excluding carboxylic acids is 2. The fourth-order valence-electron chi connectivity index (χ4n) is 4.92. The Morgan fingerprint density at radius 2 is 1.81 bits per heavy atom. The lowest BCUT2D eigenvalue weighted by molar-refractivity contribution is -0.187. The van der Waals surface area contributed by atoms with Gasteiger partial charge in [0.25, 0.3) is 0 Å². The molecule has 1 aromatic carbocycles. The van der Waals surface area contributed by atoms with Crippen molar-refractivity contribution >= 4 is 22.8 Å². The number of hydrogen-bond donors (Lipinski definition) is 0. The maximum absolute atomic E-state index is 13.1. The van der Waals surface area contributed by atoms with E-state index in [1.807, 2.05) is 24.3 Å². The van der Waals surface area contributed by atoms with Gasteiger partial charge in [0.05, 0.1) is 11.0 Å². The van der Waals surface area contributed by atoms with Crippen LogP contribution in [0, 0.1) is 0 Å². The zero-order chi connectivity index (χ0) is 22.3. The molecule has 168 valence electrons. The maximum atomic E-state index is 13.1. The highest BCUT2D eigenvalue weighted by atomic mass is 19.4. The van der Waals surface area contributed by atoms with Crippen molar-refractivity contribution in [3.63, 3.8) is 0 Å². The van der Waals surface area contributed by atoms with Gasteiger partial charge in [0.1, 0.15) is 11.9 Å². The van der Waals surface area contributed by atoms with Gasteiger partial charge < -0.3 is 14.4 Å². The number of para-hydroxylation sites is 2. The minimum Gasteiger partial charge on any atom is -0.340 e. The summed E-state index contributed by atoms with van der Waals surface area (Å²) >= 11 is 0. The van der Waals surface area contributed by atoms with Crippen LogP contribution in [0.15, 0.2) is 24.3 Å². The van der Waals surface area contributed by atoms with E-state index < -0.39 is 18.1 Å². The molecule has 9 heteroatoms. The van der Waals surface area contributed by atoms with E-state index in [1.165, 1.54) is 0 Å². The molecule has 4 rings (SSSR count). The molecule has 0 spiro atoms. The molecule has 0 aliphatic carbocycles. The zero-order valence-corrected chi connectivity index (χ0v) is 17.7. The third-order valence-electron chi connectivity index (χ3n) is 6.28. The molecule has 0 N–H and O–H groups in total. The fourth-order valence-corrected chi connectivity index (χ4v) is 4.92. The van der Waals surface area contributed by atoms with Crippen molar-refractivity contribution in [2.24, 2.45) is 0 Å². The number of rotatable bonds is 3. The van der Waals surface area contributed by atoms with Gasteiger partial charge in [0, 0.05) is 31.6 Å². The second kappa shape index (κ2) is 8.16. The molecule has 1 aromatic heterocycles. The Morgan fingerprint density at radius 3 is 2.52 bits per heavy atom. The van der Waals surface area contributed by atoms with Crippen molar-refractivity contribution < 1.29 is 22.8 Å². The van der Waals surface area contributed by atoms with E-state index in [1.54, 1.807) is 4.90 Å². The van der Waals surface area contributed by atoms with Gasteiger partial charge in [-0.1, -0.05) is 12.1 Å². The number of fused-ring (bicyclic) bond motifs is 1. The maximum Gasteiger partial charge on any atom is 0.471 e. The third kappa shape index (κ3) is 4.02. The van der Waals surface area contributed by atoms with Gasteiger partial charge in [-0.25, -0.2) is 4.98 Å². The first-order valence-electron chi connectivity index (χ1n) is 10.8. The van der Waals surface area contributed by atoms with Crippen molar-refractivity contribution in [1.82, 2.24) is 19.4 Å². The second-order valence-corrected chi connectivity index (χ2v) is 8.70. The second-order valence-electron chi connectivity index (χ2n) is 8.70. The van der Waals surface area contributed by atoms with Crippen LogP contribution >= 0.6 is 0 Å². The van der Waals surface area contributed by atoms with Gasteiger partial charge in [-0.15, -0.1) is 0 Å². The molecular formula is C22H27F3N4O2. The molecule has 2 fully saturated rings. The average Bonchev–Trinajstić information content (AvgIpc) is 3.37. The summed E-state index contributed by atoms with van der Waals surface area (Å²) in [4.78, 5) is 32.1. The van der Waals surface area contributed by atoms with Crippen LogP contribution < -0.4 is 0 Å². The molecule has 2 saturated heterocycles. The number of carbonyl (C=O) groups is 2. The van der Waals surface area contributed by atoms with E-state index in [4.69, 9.17) is 4.98 Å². The van der Waals surface area contributed by atoms with Crippen LogP contribution in [0.25, 0.3) is 11.0 Å². The summed E-state index contributed by atoms with van der Waals surface area (Å²) in [6.07, 6.45) is -2.69. The lowest BCUT2D eigenvalue weighted by Crippen LogP contribution is -2.53. The number of hydrogen-bond acceptors (Lipinski definition) is 3. The quantitative estimate of drug-likeness (QED) is 0.734. The Balaban J connectivity index is 1.57. The number of amides is 2. The summed E-state index contributed by atoms with van der Waals surface area (Å²) in [5, 5.41) is 0. The number of halogens is 3. The van der Waals surface area contributed by atoms with E-state index in [2.05, 4.69) is 18.4 Å². The zero-order valence-electron chi connectivity index (χ0n) is 17.7. The first-order valence-corrected chi connectivity index (χ1v) is 10.8. The monoisotopic (exact) mass is 436 g/mol. The predicted molar refractivity (Wildman–Crippen MR) is 109 cm³/mol. The molecule has 0 unspecified atom stereocenters. The molecule has 2 amide bonds.